The van der Waals surface area contributed by atoms with E-state index in [1.54, 1.807) is 30.7 Å². The summed E-state index contributed by atoms with van der Waals surface area (Å²) in [4.78, 5) is 22.8. The van der Waals surface area contributed by atoms with Crippen LogP contribution in [-0.4, -0.2) is 26.0 Å². The molecule has 17 heavy (non-hydrogen) atoms. The Morgan fingerprint density at radius 2 is 2.18 bits per heavy atom. The van der Waals surface area contributed by atoms with E-state index in [4.69, 9.17) is 5.11 Å². The van der Waals surface area contributed by atoms with Crippen molar-refractivity contribution in [2.24, 2.45) is 0 Å². The Bertz CT molecular complexity index is 519. The number of aromatic nitrogens is 3. The molecule has 0 spiro atoms. The van der Waals surface area contributed by atoms with Gasteiger partial charge in [0.15, 0.2) is 5.69 Å². The lowest BCUT2D eigenvalue weighted by atomic mass is 10.2. The van der Waals surface area contributed by atoms with E-state index in [9.17, 15) is 4.79 Å². The molecule has 0 atom stereocenters. The normalized spacial score (nSPS) is 10.1. The summed E-state index contributed by atoms with van der Waals surface area (Å²) >= 11 is 1.43. The number of thioether (sulfide) groups is 1. The van der Waals surface area contributed by atoms with Gasteiger partial charge in [0.25, 0.3) is 0 Å². The number of carboxylic acid groups (broad SMARTS) is 1. The molecule has 0 radical (unpaired) electrons. The molecule has 5 nitrogen and oxygen atoms in total. The zero-order chi connectivity index (χ0) is 12.1. The second-order valence-electron chi connectivity index (χ2n) is 3.15. The standard InChI is InChI=1S/C11H9N3O2S/c15-11(16)10-8(2-1-3-14-10)7-17-9-6-12-4-5-13-9/h1-6H,7H2,(H,15,16). The molecule has 0 saturated heterocycles. The van der Waals surface area contributed by atoms with E-state index in [1.165, 1.54) is 18.0 Å². The molecule has 6 heteroatoms. The summed E-state index contributed by atoms with van der Waals surface area (Å²) < 4.78 is 0. The van der Waals surface area contributed by atoms with Crippen LogP contribution in [0.1, 0.15) is 16.1 Å². The SMILES string of the molecule is O=C(O)c1ncccc1CSc1cnccn1. The maximum absolute atomic E-state index is 10.9. The zero-order valence-electron chi connectivity index (χ0n) is 8.78. The first-order chi connectivity index (χ1) is 8.27. The van der Waals surface area contributed by atoms with Crippen LogP contribution in [-0.2, 0) is 5.75 Å². The Kier molecular flexibility index (Phi) is 3.66. The van der Waals surface area contributed by atoms with Crippen molar-refractivity contribution in [3.8, 4) is 0 Å². The van der Waals surface area contributed by atoms with Crippen molar-refractivity contribution >= 4 is 17.7 Å². The summed E-state index contributed by atoms with van der Waals surface area (Å²) in [7, 11) is 0. The maximum atomic E-state index is 10.9. The first-order valence-electron chi connectivity index (χ1n) is 4.83. The molecular formula is C11H9N3O2S. The second-order valence-corrected chi connectivity index (χ2v) is 4.14. The van der Waals surface area contributed by atoms with E-state index in [0.29, 0.717) is 11.3 Å². The van der Waals surface area contributed by atoms with Crippen molar-refractivity contribution in [3.63, 3.8) is 0 Å². The molecule has 1 N–H and O–H groups in total. The zero-order valence-corrected chi connectivity index (χ0v) is 9.59. The third-order valence-electron chi connectivity index (χ3n) is 2.01. The number of hydrogen-bond donors (Lipinski definition) is 1. The van der Waals surface area contributed by atoms with Crippen LogP contribution in [0, 0.1) is 0 Å². The topological polar surface area (TPSA) is 76.0 Å². The number of hydrogen-bond acceptors (Lipinski definition) is 5. The Balaban J connectivity index is 2.12. The van der Waals surface area contributed by atoms with Gasteiger partial charge in [0.1, 0.15) is 5.03 Å². The lowest BCUT2D eigenvalue weighted by molar-refractivity contribution is 0.0689. The molecule has 0 unspecified atom stereocenters. The molecule has 0 amide bonds. The van der Waals surface area contributed by atoms with Gasteiger partial charge in [0, 0.05) is 24.3 Å². The highest BCUT2D eigenvalue weighted by Crippen LogP contribution is 2.20. The Morgan fingerprint density at radius 3 is 2.88 bits per heavy atom. The molecule has 2 aromatic heterocycles. The van der Waals surface area contributed by atoms with Gasteiger partial charge < -0.3 is 5.11 Å². The van der Waals surface area contributed by atoms with Gasteiger partial charge >= 0.3 is 5.97 Å². The lowest BCUT2D eigenvalue weighted by Gasteiger charge is -2.03. The van der Waals surface area contributed by atoms with Crippen LogP contribution in [0.5, 0.6) is 0 Å². The minimum atomic E-state index is -1.01. The van der Waals surface area contributed by atoms with Gasteiger partial charge in [0.05, 0.1) is 6.20 Å². The molecule has 0 aliphatic rings. The van der Waals surface area contributed by atoms with Gasteiger partial charge in [-0.05, 0) is 11.6 Å². The molecule has 86 valence electrons. The summed E-state index contributed by atoms with van der Waals surface area (Å²) in [6.07, 6.45) is 6.31. The molecule has 2 aromatic rings. The van der Waals surface area contributed by atoms with Crippen LogP contribution in [0.4, 0.5) is 0 Å². The van der Waals surface area contributed by atoms with Gasteiger partial charge in [-0.25, -0.2) is 14.8 Å². The van der Waals surface area contributed by atoms with Crippen molar-refractivity contribution in [1.82, 2.24) is 15.0 Å². The fourth-order valence-electron chi connectivity index (χ4n) is 1.26. The summed E-state index contributed by atoms with van der Waals surface area (Å²) in [5, 5.41) is 9.72. The van der Waals surface area contributed by atoms with Gasteiger partial charge in [-0.15, -0.1) is 11.8 Å². The van der Waals surface area contributed by atoms with E-state index in [1.807, 2.05) is 0 Å². The summed E-state index contributed by atoms with van der Waals surface area (Å²) in [5.41, 5.74) is 0.763. The quantitative estimate of drug-likeness (QED) is 0.831. The molecule has 0 fully saturated rings. The molecule has 0 aliphatic carbocycles. The minimum Gasteiger partial charge on any atom is -0.477 e. The lowest BCUT2D eigenvalue weighted by Crippen LogP contribution is -2.04. The number of nitrogens with zero attached hydrogens (tertiary/aromatic N) is 3. The third kappa shape index (κ3) is 3.01. The van der Waals surface area contributed by atoms with E-state index in [0.717, 1.165) is 5.03 Å². The monoisotopic (exact) mass is 247 g/mol. The van der Waals surface area contributed by atoms with Crippen molar-refractivity contribution < 1.29 is 9.90 Å². The smallest absolute Gasteiger partial charge is 0.354 e. The summed E-state index contributed by atoms with van der Waals surface area (Å²) in [6, 6.07) is 3.47. The fourth-order valence-corrected chi connectivity index (χ4v) is 2.07. The highest BCUT2D eigenvalue weighted by Gasteiger charge is 2.11. The van der Waals surface area contributed by atoms with E-state index >= 15 is 0 Å². The molecular weight excluding hydrogens is 238 g/mol. The number of carbonyl (C=O) groups is 1. The van der Waals surface area contributed by atoms with Crippen molar-refractivity contribution in [3.05, 3.63) is 48.2 Å². The predicted molar refractivity (Wildman–Crippen MR) is 62.8 cm³/mol. The van der Waals surface area contributed by atoms with Crippen LogP contribution in [0.15, 0.2) is 41.9 Å². The average molecular weight is 247 g/mol. The first kappa shape index (κ1) is 11.5. The largest absolute Gasteiger partial charge is 0.477 e. The summed E-state index contributed by atoms with van der Waals surface area (Å²) in [5.74, 6) is -0.505. The molecule has 0 aliphatic heterocycles. The first-order valence-corrected chi connectivity index (χ1v) is 5.82. The molecule has 2 rings (SSSR count). The minimum absolute atomic E-state index is 0.0869. The van der Waals surface area contributed by atoms with Gasteiger partial charge in [0.2, 0.25) is 0 Å². The highest BCUT2D eigenvalue weighted by atomic mass is 32.2. The molecule has 0 bridgehead atoms. The van der Waals surface area contributed by atoms with E-state index < -0.39 is 5.97 Å². The predicted octanol–water partition coefficient (Wildman–Crippen LogP) is 1.86. The molecule has 0 saturated carbocycles. The van der Waals surface area contributed by atoms with Crippen molar-refractivity contribution in [2.75, 3.05) is 0 Å². The highest BCUT2D eigenvalue weighted by molar-refractivity contribution is 7.98. The van der Waals surface area contributed by atoms with Crippen LogP contribution in [0.25, 0.3) is 0 Å². The Labute approximate surface area is 102 Å². The van der Waals surface area contributed by atoms with Gasteiger partial charge in [-0.1, -0.05) is 6.07 Å². The van der Waals surface area contributed by atoms with Crippen LogP contribution in [0.2, 0.25) is 0 Å². The fraction of sp³-hybridized carbons (Fsp3) is 0.0909. The average Bonchev–Trinajstić information content (AvgIpc) is 2.38. The van der Waals surface area contributed by atoms with Crippen LogP contribution >= 0.6 is 11.8 Å². The van der Waals surface area contributed by atoms with Gasteiger partial charge in [-0.3, -0.25) is 4.98 Å². The van der Waals surface area contributed by atoms with Crippen molar-refractivity contribution in [2.45, 2.75) is 10.8 Å². The molecule has 0 aromatic carbocycles. The number of rotatable bonds is 4. The molecule has 2 heterocycles. The third-order valence-corrected chi connectivity index (χ3v) is 2.97. The maximum Gasteiger partial charge on any atom is 0.354 e. The number of pyridine rings is 1. The summed E-state index contributed by atoms with van der Waals surface area (Å²) in [6.45, 7) is 0. The van der Waals surface area contributed by atoms with Crippen LogP contribution < -0.4 is 0 Å². The van der Waals surface area contributed by atoms with E-state index in [2.05, 4.69) is 15.0 Å². The van der Waals surface area contributed by atoms with Crippen molar-refractivity contribution in [1.29, 1.82) is 0 Å². The van der Waals surface area contributed by atoms with Gasteiger partial charge in [-0.2, -0.15) is 0 Å². The van der Waals surface area contributed by atoms with Crippen LogP contribution in [0.3, 0.4) is 0 Å². The van der Waals surface area contributed by atoms with E-state index in [-0.39, 0.29) is 5.69 Å². The number of carboxylic acids is 1. The number of aromatic carboxylic acids is 1. The second kappa shape index (κ2) is 5.40. The Hall–Kier alpha value is -1.95. The Morgan fingerprint density at radius 1 is 1.29 bits per heavy atom.